The lowest BCUT2D eigenvalue weighted by Crippen LogP contribution is -2.17. The third-order valence-corrected chi connectivity index (χ3v) is 4.79. The van der Waals surface area contributed by atoms with Crippen molar-refractivity contribution in [1.82, 2.24) is 0 Å². The average Bonchev–Trinajstić information content (AvgIpc) is 2.47. The molecular weight excluding hydrogens is 252 g/mol. The van der Waals surface area contributed by atoms with Crippen LogP contribution in [0.1, 0.15) is 30.4 Å². The molecule has 0 N–H and O–H groups in total. The summed E-state index contributed by atoms with van der Waals surface area (Å²) in [6.07, 6.45) is 1.83. The van der Waals surface area contributed by atoms with Gasteiger partial charge in [0, 0.05) is 21.6 Å². The molecule has 1 aliphatic rings. The molecule has 1 radical (unpaired) electrons. The van der Waals surface area contributed by atoms with E-state index in [0.717, 1.165) is 18.6 Å². The van der Waals surface area contributed by atoms with Gasteiger partial charge in [0.1, 0.15) is 6.29 Å². The molecule has 0 aliphatic carbocycles. The van der Waals surface area contributed by atoms with Gasteiger partial charge in [0.05, 0.1) is 0 Å². The maximum atomic E-state index is 11.4. The fraction of sp³-hybridized carbons (Fsp3) is 0.176. The second-order valence-corrected chi connectivity index (χ2v) is 5.74. The molecule has 0 saturated heterocycles. The first-order valence-corrected chi connectivity index (χ1v) is 7.33. The molecule has 19 heavy (non-hydrogen) atoms. The third kappa shape index (κ3) is 2.10. The fourth-order valence-corrected chi connectivity index (χ4v) is 3.80. The normalized spacial score (nSPS) is 14.0. The largest absolute Gasteiger partial charge is 0.303 e. The van der Waals surface area contributed by atoms with Crippen LogP contribution in [0.15, 0.2) is 58.3 Å². The van der Waals surface area contributed by atoms with Crippen molar-refractivity contribution in [3.05, 3.63) is 65.6 Å². The zero-order valence-electron chi connectivity index (χ0n) is 10.8. The number of hydrogen-bond donors (Lipinski definition) is 0. The van der Waals surface area contributed by atoms with Gasteiger partial charge in [-0.05, 0) is 29.7 Å². The minimum atomic E-state index is 0.121. The predicted octanol–water partition coefficient (Wildman–Crippen LogP) is 4.47. The summed E-state index contributed by atoms with van der Waals surface area (Å²) in [5.41, 5.74) is 2.52. The highest BCUT2D eigenvalue weighted by atomic mass is 32.2. The van der Waals surface area contributed by atoms with E-state index >= 15 is 0 Å². The third-order valence-electron chi connectivity index (χ3n) is 3.61. The van der Waals surface area contributed by atoms with Gasteiger partial charge in [0.2, 0.25) is 0 Å². The summed E-state index contributed by atoms with van der Waals surface area (Å²) in [6, 6.07) is 16.8. The van der Waals surface area contributed by atoms with Crippen LogP contribution in [0.2, 0.25) is 0 Å². The molecule has 1 heterocycles. The number of fused-ring (bicyclic) bond motifs is 2. The van der Waals surface area contributed by atoms with Crippen LogP contribution in [-0.2, 0) is 4.79 Å². The Morgan fingerprint density at radius 3 is 2.05 bits per heavy atom. The Bertz CT molecular complexity index is 560. The van der Waals surface area contributed by atoms with E-state index in [1.165, 1.54) is 20.9 Å². The number of hydrogen-bond acceptors (Lipinski definition) is 2. The van der Waals surface area contributed by atoms with Crippen LogP contribution >= 0.6 is 11.8 Å². The van der Waals surface area contributed by atoms with E-state index in [-0.39, 0.29) is 5.92 Å². The molecule has 95 valence electrons. The van der Waals surface area contributed by atoms with Gasteiger partial charge in [-0.2, -0.15) is 0 Å². The summed E-state index contributed by atoms with van der Waals surface area (Å²) in [5, 5.41) is 0. The second kappa shape index (κ2) is 5.22. The Hall–Kier alpha value is -1.54. The van der Waals surface area contributed by atoms with E-state index < -0.39 is 0 Å². The van der Waals surface area contributed by atoms with Gasteiger partial charge < -0.3 is 4.79 Å². The molecule has 0 spiro atoms. The quantitative estimate of drug-likeness (QED) is 0.763. The molecule has 0 unspecified atom stereocenters. The van der Waals surface area contributed by atoms with Crippen molar-refractivity contribution in [3.63, 3.8) is 0 Å². The first-order chi connectivity index (χ1) is 9.35. The summed E-state index contributed by atoms with van der Waals surface area (Å²) in [6.45, 7) is 2.05. The summed E-state index contributed by atoms with van der Waals surface area (Å²) >= 11 is 1.80. The van der Waals surface area contributed by atoms with Gasteiger partial charge in [-0.15, -0.1) is 0 Å². The van der Waals surface area contributed by atoms with Crippen molar-refractivity contribution in [2.45, 2.75) is 29.1 Å². The van der Waals surface area contributed by atoms with Crippen LogP contribution in [-0.4, -0.2) is 6.29 Å². The highest BCUT2D eigenvalue weighted by Gasteiger charge is 2.31. The molecule has 2 aromatic rings. The van der Waals surface area contributed by atoms with Crippen LogP contribution in [0, 0.1) is 5.92 Å². The average molecular weight is 267 g/mol. The van der Waals surface area contributed by atoms with E-state index in [0.29, 0.717) is 0 Å². The second-order valence-electron chi connectivity index (χ2n) is 4.66. The molecular formula is C17H15OS. The zero-order chi connectivity index (χ0) is 13.2. The van der Waals surface area contributed by atoms with Crippen LogP contribution in [0.5, 0.6) is 0 Å². The topological polar surface area (TPSA) is 17.1 Å². The van der Waals surface area contributed by atoms with Gasteiger partial charge in [-0.1, -0.05) is 55.1 Å². The first kappa shape index (κ1) is 12.5. The molecule has 2 heteroatoms. The molecule has 1 nitrogen and oxygen atoms in total. The van der Waals surface area contributed by atoms with Crippen molar-refractivity contribution < 1.29 is 4.79 Å². The van der Waals surface area contributed by atoms with Crippen LogP contribution in [0.25, 0.3) is 0 Å². The number of aldehydes is 1. The molecule has 0 bridgehead atoms. The molecule has 0 fully saturated rings. The SMILES string of the molecule is CC[C](C=O)C1c2ccccc2Sc2ccccc21. The van der Waals surface area contributed by atoms with E-state index in [4.69, 9.17) is 0 Å². The Morgan fingerprint density at radius 1 is 1.05 bits per heavy atom. The Balaban J connectivity index is 2.19. The van der Waals surface area contributed by atoms with E-state index in [9.17, 15) is 4.79 Å². The molecule has 0 saturated carbocycles. The lowest BCUT2D eigenvalue weighted by atomic mass is 9.80. The zero-order valence-corrected chi connectivity index (χ0v) is 11.6. The van der Waals surface area contributed by atoms with Crippen molar-refractivity contribution >= 4 is 18.0 Å². The molecule has 2 aromatic carbocycles. The van der Waals surface area contributed by atoms with Gasteiger partial charge in [-0.25, -0.2) is 0 Å². The number of rotatable bonds is 3. The molecule has 3 rings (SSSR count). The van der Waals surface area contributed by atoms with Crippen LogP contribution in [0.4, 0.5) is 0 Å². The lowest BCUT2D eigenvalue weighted by molar-refractivity contribution is -0.106. The smallest absolute Gasteiger partial charge is 0.128 e. The summed E-state index contributed by atoms with van der Waals surface area (Å²) < 4.78 is 0. The summed E-state index contributed by atoms with van der Waals surface area (Å²) in [7, 11) is 0. The van der Waals surface area contributed by atoms with Crippen LogP contribution < -0.4 is 0 Å². The van der Waals surface area contributed by atoms with E-state index in [1.807, 2.05) is 0 Å². The van der Waals surface area contributed by atoms with Gasteiger partial charge in [0.15, 0.2) is 0 Å². The summed E-state index contributed by atoms with van der Waals surface area (Å²) in [5.74, 6) is 1.08. The minimum absolute atomic E-state index is 0.121. The molecule has 0 atom stereocenters. The Kier molecular flexibility index (Phi) is 3.43. The molecule has 0 amide bonds. The fourth-order valence-electron chi connectivity index (χ4n) is 2.66. The number of carbonyl (C=O) groups is 1. The van der Waals surface area contributed by atoms with Crippen molar-refractivity contribution in [3.8, 4) is 0 Å². The maximum Gasteiger partial charge on any atom is 0.128 e. The monoisotopic (exact) mass is 267 g/mol. The molecule has 0 aromatic heterocycles. The highest BCUT2D eigenvalue weighted by Crippen LogP contribution is 2.49. The highest BCUT2D eigenvalue weighted by molar-refractivity contribution is 7.99. The first-order valence-electron chi connectivity index (χ1n) is 6.51. The Morgan fingerprint density at radius 2 is 1.58 bits per heavy atom. The number of benzene rings is 2. The minimum Gasteiger partial charge on any atom is -0.303 e. The van der Waals surface area contributed by atoms with Crippen molar-refractivity contribution in [2.75, 3.05) is 0 Å². The summed E-state index contributed by atoms with van der Waals surface area (Å²) in [4.78, 5) is 13.9. The molecule has 1 aliphatic heterocycles. The van der Waals surface area contributed by atoms with Crippen LogP contribution in [0.3, 0.4) is 0 Å². The van der Waals surface area contributed by atoms with E-state index in [2.05, 4.69) is 55.5 Å². The van der Waals surface area contributed by atoms with Gasteiger partial charge in [-0.3, -0.25) is 0 Å². The number of carbonyl (C=O) groups excluding carboxylic acids is 1. The van der Waals surface area contributed by atoms with Gasteiger partial charge in [0.25, 0.3) is 0 Å². The maximum absolute atomic E-state index is 11.4. The standard InChI is InChI=1S/C17H15OS/c1-2-12(11-18)17-13-7-3-5-9-15(13)19-16-10-6-4-8-14(16)17/h3-11,17H,2H2,1H3. The van der Waals surface area contributed by atoms with Gasteiger partial charge >= 0.3 is 0 Å². The Labute approximate surface area is 118 Å². The van der Waals surface area contributed by atoms with E-state index in [1.54, 1.807) is 11.8 Å². The lowest BCUT2D eigenvalue weighted by Gasteiger charge is -2.30. The van der Waals surface area contributed by atoms with Crippen molar-refractivity contribution in [2.24, 2.45) is 0 Å². The predicted molar refractivity (Wildman–Crippen MR) is 78.4 cm³/mol. The van der Waals surface area contributed by atoms with Crippen molar-refractivity contribution in [1.29, 1.82) is 0 Å².